The van der Waals surface area contributed by atoms with E-state index in [9.17, 15) is 18.5 Å². The molecule has 1 saturated heterocycles. The first-order valence-corrected chi connectivity index (χ1v) is 7.84. The maximum atomic E-state index is 11.6. The molecule has 9 heteroatoms. The Morgan fingerprint density at radius 3 is 2.85 bits per heavy atom. The molecule has 0 radical (unpaired) electrons. The van der Waals surface area contributed by atoms with Gasteiger partial charge in [0.25, 0.3) is 5.69 Å². The molecule has 2 heterocycles. The first kappa shape index (κ1) is 14.7. The lowest BCUT2D eigenvalue weighted by molar-refractivity contribution is -0.385. The Morgan fingerprint density at radius 2 is 2.30 bits per heavy atom. The topological polar surface area (TPSA) is 105 Å². The van der Waals surface area contributed by atoms with Crippen LogP contribution in [0.3, 0.4) is 0 Å². The van der Waals surface area contributed by atoms with Gasteiger partial charge in [0.15, 0.2) is 0 Å². The van der Waals surface area contributed by atoms with Gasteiger partial charge in [-0.05, 0) is 19.4 Å². The van der Waals surface area contributed by atoms with Crippen LogP contribution in [-0.2, 0) is 10.0 Å². The average Bonchev–Trinajstić information content (AvgIpc) is 2.68. The van der Waals surface area contributed by atoms with E-state index in [0.717, 1.165) is 0 Å². The Labute approximate surface area is 117 Å². The van der Waals surface area contributed by atoms with Gasteiger partial charge in [-0.3, -0.25) is 10.1 Å². The number of nitrogens with zero attached hydrogens (tertiary/aromatic N) is 3. The summed E-state index contributed by atoms with van der Waals surface area (Å²) in [5.41, 5.74) is 0.485. The molecular formula is C11H16N4O4S. The highest BCUT2D eigenvalue weighted by atomic mass is 32.2. The van der Waals surface area contributed by atoms with Crippen LogP contribution in [0.15, 0.2) is 12.3 Å². The Morgan fingerprint density at radius 1 is 1.55 bits per heavy atom. The van der Waals surface area contributed by atoms with Gasteiger partial charge in [0, 0.05) is 25.2 Å². The number of nitrogens with one attached hydrogen (secondary N) is 1. The van der Waals surface area contributed by atoms with Crippen molar-refractivity contribution in [2.45, 2.75) is 13.3 Å². The summed E-state index contributed by atoms with van der Waals surface area (Å²) in [5, 5.41) is 13.6. The van der Waals surface area contributed by atoms with Crippen molar-refractivity contribution in [2.24, 2.45) is 0 Å². The number of hydrogen-bond donors (Lipinski definition) is 1. The van der Waals surface area contributed by atoms with Crippen LogP contribution in [-0.4, -0.2) is 48.0 Å². The minimum atomic E-state index is -3.08. The fourth-order valence-corrected chi connectivity index (χ4v) is 3.62. The van der Waals surface area contributed by atoms with Gasteiger partial charge in [-0.2, -0.15) is 0 Å². The van der Waals surface area contributed by atoms with E-state index in [0.29, 0.717) is 37.4 Å². The minimum absolute atomic E-state index is 0.0299. The van der Waals surface area contributed by atoms with Gasteiger partial charge in [0.2, 0.25) is 10.0 Å². The maximum absolute atomic E-state index is 11.6. The standard InChI is InChI=1S/C11H16N4O4S/c1-9-7-11(13-8-10(9)15(16)17)12-3-5-14-4-2-6-20(14,18)19/h7-8H,2-6H2,1H3,(H,12,13). The fraction of sp³-hybridized carbons (Fsp3) is 0.545. The SMILES string of the molecule is Cc1cc(NCCN2CCCS2(=O)=O)ncc1[N+](=O)[O-]. The summed E-state index contributed by atoms with van der Waals surface area (Å²) in [6.45, 7) is 2.98. The van der Waals surface area contributed by atoms with Crippen LogP contribution in [0.25, 0.3) is 0 Å². The number of aryl methyl sites for hydroxylation is 1. The molecule has 0 bridgehead atoms. The Hall–Kier alpha value is -1.74. The highest BCUT2D eigenvalue weighted by Crippen LogP contribution is 2.19. The molecule has 1 N–H and O–H groups in total. The van der Waals surface area contributed by atoms with Crippen LogP contribution in [0.5, 0.6) is 0 Å². The summed E-state index contributed by atoms with van der Waals surface area (Å²) in [4.78, 5) is 14.1. The van der Waals surface area contributed by atoms with Crippen molar-refractivity contribution in [2.75, 3.05) is 30.7 Å². The van der Waals surface area contributed by atoms with Crippen molar-refractivity contribution in [1.29, 1.82) is 0 Å². The van der Waals surface area contributed by atoms with E-state index < -0.39 is 14.9 Å². The number of aromatic nitrogens is 1. The fourth-order valence-electron chi connectivity index (χ4n) is 2.09. The Bertz CT molecular complexity index is 617. The predicted molar refractivity (Wildman–Crippen MR) is 74.1 cm³/mol. The lowest BCUT2D eigenvalue weighted by atomic mass is 10.2. The van der Waals surface area contributed by atoms with Crippen LogP contribution >= 0.6 is 0 Å². The molecule has 0 aromatic carbocycles. The van der Waals surface area contributed by atoms with Crippen molar-refractivity contribution < 1.29 is 13.3 Å². The van der Waals surface area contributed by atoms with Crippen LogP contribution in [0.2, 0.25) is 0 Å². The second kappa shape index (κ2) is 5.71. The quantitative estimate of drug-likeness (QED) is 0.635. The largest absolute Gasteiger partial charge is 0.369 e. The van der Waals surface area contributed by atoms with E-state index in [-0.39, 0.29) is 11.4 Å². The summed E-state index contributed by atoms with van der Waals surface area (Å²) in [6, 6.07) is 1.58. The Kier molecular flexibility index (Phi) is 4.19. The molecule has 1 aliphatic heterocycles. The molecule has 1 fully saturated rings. The summed E-state index contributed by atoms with van der Waals surface area (Å²) in [5.74, 6) is 0.715. The minimum Gasteiger partial charge on any atom is -0.369 e. The molecule has 0 unspecified atom stereocenters. The molecule has 1 aromatic heterocycles. The molecule has 0 atom stereocenters. The number of anilines is 1. The molecule has 1 aliphatic rings. The third kappa shape index (κ3) is 3.23. The zero-order chi connectivity index (χ0) is 14.8. The molecule has 0 amide bonds. The number of hydrogen-bond acceptors (Lipinski definition) is 6. The van der Waals surface area contributed by atoms with Gasteiger partial charge in [-0.15, -0.1) is 0 Å². The van der Waals surface area contributed by atoms with Gasteiger partial charge in [-0.1, -0.05) is 0 Å². The van der Waals surface area contributed by atoms with Crippen molar-refractivity contribution >= 4 is 21.5 Å². The second-order valence-corrected chi connectivity index (χ2v) is 6.70. The number of pyridine rings is 1. The van der Waals surface area contributed by atoms with E-state index in [2.05, 4.69) is 10.3 Å². The van der Waals surface area contributed by atoms with Gasteiger partial charge >= 0.3 is 0 Å². The molecule has 20 heavy (non-hydrogen) atoms. The zero-order valence-electron chi connectivity index (χ0n) is 11.1. The monoisotopic (exact) mass is 300 g/mol. The number of sulfonamides is 1. The van der Waals surface area contributed by atoms with Crippen LogP contribution in [0, 0.1) is 17.0 Å². The van der Waals surface area contributed by atoms with Crippen LogP contribution < -0.4 is 5.32 Å². The van der Waals surface area contributed by atoms with Gasteiger partial charge in [-0.25, -0.2) is 17.7 Å². The lowest BCUT2D eigenvalue weighted by Crippen LogP contribution is -2.30. The molecule has 0 spiro atoms. The molecule has 110 valence electrons. The smallest absolute Gasteiger partial charge is 0.290 e. The number of nitro groups is 1. The first-order valence-electron chi connectivity index (χ1n) is 6.23. The lowest BCUT2D eigenvalue weighted by Gasteiger charge is -2.14. The van der Waals surface area contributed by atoms with Crippen molar-refractivity contribution in [3.8, 4) is 0 Å². The maximum Gasteiger partial charge on any atom is 0.290 e. The summed E-state index contributed by atoms with van der Waals surface area (Å²) in [6.07, 6.45) is 1.86. The average molecular weight is 300 g/mol. The normalized spacial score (nSPS) is 18.1. The summed E-state index contributed by atoms with van der Waals surface area (Å²) in [7, 11) is -3.08. The van der Waals surface area contributed by atoms with E-state index in [4.69, 9.17) is 0 Å². The van der Waals surface area contributed by atoms with Gasteiger partial charge < -0.3 is 5.32 Å². The highest BCUT2D eigenvalue weighted by molar-refractivity contribution is 7.89. The molecule has 1 aromatic rings. The first-order chi connectivity index (χ1) is 9.40. The van der Waals surface area contributed by atoms with Crippen LogP contribution in [0.4, 0.5) is 11.5 Å². The third-order valence-electron chi connectivity index (χ3n) is 3.15. The molecule has 2 rings (SSSR count). The second-order valence-electron chi connectivity index (χ2n) is 4.61. The van der Waals surface area contributed by atoms with Gasteiger partial charge in [0.1, 0.15) is 12.0 Å². The zero-order valence-corrected chi connectivity index (χ0v) is 11.9. The highest BCUT2D eigenvalue weighted by Gasteiger charge is 2.27. The molecule has 0 aliphatic carbocycles. The van der Waals surface area contributed by atoms with E-state index in [1.807, 2.05) is 0 Å². The van der Waals surface area contributed by atoms with Gasteiger partial charge in [0.05, 0.1) is 10.7 Å². The third-order valence-corrected chi connectivity index (χ3v) is 5.11. The predicted octanol–water partition coefficient (Wildman–Crippen LogP) is 0.746. The van der Waals surface area contributed by atoms with Crippen LogP contribution in [0.1, 0.15) is 12.0 Å². The molecule has 0 saturated carbocycles. The van der Waals surface area contributed by atoms with E-state index in [1.165, 1.54) is 10.5 Å². The Balaban J connectivity index is 1.92. The summed E-state index contributed by atoms with van der Waals surface area (Å²) < 4.78 is 24.6. The van der Waals surface area contributed by atoms with Crippen molar-refractivity contribution in [3.63, 3.8) is 0 Å². The molecular weight excluding hydrogens is 284 g/mol. The van der Waals surface area contributed by atoms with Crippen molar-refractivity contribution in [1.82, 2.24) is 9.29 Å². The molecule has 8 nitrogen and oxygen atoms in total. The number of rotatable bonds is 5. The summed E-state index contributed by atoms with van der Waals surface area (Å²) >= 11 is 0. The van der Waals surface area contributed by atoms with E-state index in [1.54, 1.807) is 13.0 Å². The van der Waals surface area contributed by atoms with E-state index >= 15 is 0 Å². The van der Waals surface area contributed by atoms with Crippen molar-refractivity contribution in [3.05, 3.63) is 27.9 Å².